The predicted octanol–water partition coefficient (Wildman–Crippen LogP) is 2.14. The van der Waals surface area contributed by atoms with Crippen LogP contribution in [-0.4, -0.2) is 52.0 Å². The van der Waals surface area contributed by atoms with Crippen molar-refractivity contribution in [3.63, 3.8) is 0 Å². The fraction of sp³-hybridized carbons (Fsp3) is 0.625. The van der Waals surface area contributed by atoms with Crippen molar-refractivity contribution in [1.29, 1.82) is 0 Å². The summed E-state index contributed by atoms with van der Waals surface area (Å²) in [6.45, 7) is 5.67. The summed E-state index contributed by atoms with van der Waals surface area (Å²) in [5.74, 6) is 0. The average molecular weight is 278 g/mol. The van der Waals surface area contributed by atoms with Crippen molar-refractivity contribution in [1.82, 2.24) is 4.90 Å². The lowest BCUT2D eigenvalue weighted by Gasteiger charge is -2.22. The highest BCUT2D eigenvalue weighted by Crippen LogP contribution is 2.23. The predicted molar refractivity (Wildman–Crippen MR) is 82.3 cm³/mol. The summed E-state index contributed by atoms with van der Waals surface area (Å²) in [6, 6.07) is 6.78. The van der Waals surface area contributed by atoms with E-state index in [-0.39, 0.29) is 0 Å². The summed E-state index contributed by atoms with van der Waals surface area (Å²) in [5.41, 5.74) is 4.14. The molecule has 1 aliphatic heterocycles. The molecule has 0 radical (unpaired) electrons. The van der Waals surface area contributed by atoms with Crippen LogP contribution in [0.1, 0.15) is 17.5 Å². The van der Waals surface area contributed by atoms with E-state index in [1.165, 1.54) is 16.8 Å². The van der Waals surface area contributed by atoms with Gasteiger partial charge in [-0.15, -0.1) is 0 Å². The molecular formula is C16H26N2O2. The maximum absolute atomic E-state index is 5.21. The van der Waals surface area contributed by atoms with Gasteiger partial charge in [0.15, 0.2) is 0 Å². The van der Waals surface area contributed by atoms with Crippen LogP contribution in [0.4, 0.5) is 5.69 Å². The zero-order chi connectivity index (χ0) is 14.2. The summed E-state index contributed by atoms with van der Waals surface area (Å²) >= 11 is 0. The first-order chi connectivity index (χ1) is 9.83. The Bertz CT molecular complexity index is 409. The van der Waals surface area contributed by atoms with Crippen LogP contribution >= 0.6 is 0 Å². The molecule has 1 heterocycles. The molecular weight excluding hydrogens is 252 g/mol. The molecule has 0 saturated carbocycles. The summed E-state index contributed by atoms with van der Waals surface area (Å²) in [5, 5.41) is 3.41. The zero-order valence-electron chi connectivity index (χ0n) is 12.7. The molecule has 1 aromatic carbocycles. The molecule has 0 aliphatic carbocycles. The molecule has 0 bridgehead atoms. The minimum absolute atomic E-state index is 0.777. The molecule has 4 nitrogen and oxygen atoms in total. The first-order valence-corrected chi connectivity index (χ1v) is 7.39. The summed E-state index contributed by atoms with van der Waals surface area (Å²) in [7, 11) is 3.52. The smallest absolute Gasteiger partial charge is 0.0589 e. The van der Waals surface area contributed by atoms with Gasteiger partial charge in [-0.2, -0.15) is 0 Å². The van der Waals surface area contributed by atoms with E-state index >= 15 is 0 Å². The molecule has 2 rings (SSSR count). The Morgan fingerprint density at radius 1 is 1.15 bits per heavy atom. The lowest BCUT2D eigenvalue weighted by molar-refractivity contribution is 0.129. The van der Waals surface area contributed by atoms with Crippen LogP contribution in [0.25, 0.3) is 0 Å². The van der Waals surface area contributed by atoms with Crippen molar-refractivity contribution in [3.05, 3.63) is 29.3 Å². The largest absolute Gasteiger partial charge is 0.385 e. The van der Waals surface area contributed by atoms with E-state index in [0.717, 1.165) is 52.2 Å². The number of rotatable bonds is 9. The Hall–Kier alpha value is -1.10. The lowest BCUT2D eigenvalue weighted by atomic mass is 10.1. The van der Waals surface area contributed by atoms with Crippen molar-refractivity contribution in [2.75, 3.05) is 52.4 Å². The maximum Gasteiger partial charge on any atom is 0.0589 e. The molecule has 0 aromatic heterocycles. The quantitative estimate of drug-likeness (QED) is 0.702. The number of hydrogen-bond donors (Lipinski definition) is 1. The minimum atomic E-state index is 0.777. The molecule has 112 valence electrons. The van der Waals surface area contributed by atoms with Crippen molar-refractivity contribution in [3.8, 4) is 0 Å². The highest BCUT2D eigenvalue weighted by Gasteiger charge is 2.12. The monoisotopic (exact) mass is 278 g/mol. The molecule has 1 N–H and O–H groups in total. The van der Waals surface area contributed by atoms with Crippen molar-refractivity contribution < 1.29 is 9.47 Å². The van der Waals surface area contributed by atoms with Crippen LogP contribution in [0.3, 0.4) is 0 Å². The molecule has 20 heavy (non-hydrogen) atoms. The van der Waals surface area contributed by atoms with Crippen molar-refractivity contribution in [2.45, 2.75) is 19.4 Å². The van der Waals surface area contributed by atoms with Gasteiger partial charge in [0, 0.05) is 52.7 Å². The van der Waals surface area contributed by atoms with Gasteiger partial charge in [-0.1, -0.05) is 12.1 Å². The molecule has 1 aliphatic rings. The Balaban J connectivity index is 1.91. The molecule has 0 fully saturated rings. The van der Waals surface area contributed by atoms with E-state index in [4.69, 9.17) is 9.47 Å². The Morgan fingerprint density at radius 3 is 2.80 bits per heavy atom. The van der Waals surface area contributed by atoms with Gasteiger partial charge in [0.2, 0.25) is 0 Å². The number of fused-ring (bicyclic) bond motifs is 1. The van der Waals surface area contributed by atoms with Crippen LogP contribution in [0, 0.1) is 0 Å². The molecule has 4 heteroatoms. The van der Waals surface area contributed by atoms with Crippen LogP contribution in [0.2, 0.25) is 0 Å². The van der Waals surface area contributed by atoms with Gasteiger partial charge in [-0.3, -0.25) is 4.90 Å². The fourth-order valence-electron chi connectivity index (χ4n) is 2.64. The topological polar surface area (TPSA) is 33.7 Å². The number of nitrogens with one attached hydrogen (secondary N) is 1. The summed E-state index contributed by atoms with van der Waals surface area (Å²) < 4.78 is 10.3. The van der Waals surface area contributed by atoms with Crippen LogP contribution in [0.15, 0.2) is 18.2 Å². The zero-order valence-corrected chi connectivity index (χ0v) is 12.7. The van der Waals surface area contributed by atoms with Gasteiger partial charge in [0.05, 0.1) is 6.61 Å². The van der Waals surface area contributed by atoms with Gasteiger partial charge in [0.1, 0.15) is 0 Å². The second-order valence-corrected chi connectivity index (χ2v) is 5.28. The second-order valence-electron chi connectivity index (χ2n) is 5.28. The molecule has 1 aromatic rings. The van der Waals surface area contributed by atoms with E-state index < -0.39 is 0 Å². The molecule has 0 spiro atoms. The van der Waals surface area contributed by atoms with Crippen molar-refractivity contribution in [2.24, 2.45) is 0 Å². The van der Waals surface area contributed by atoms with Gasteiger partial charge >= 0.3 is 0 Å². The summed E-state index contributed by atoms with van der Waals surface area (Å²) in [6.07, 6.45) is 2.21. The van der Waals surface area contributed by atoms with Crippen molar-refractivity contribution >= 4 is 5.69 Å². The Kier molecular flexibility index (Phi) is 6.30. The third kappa shape index (κ3) is 4.47. The maximum atomic E-state index is 5.21. The van der Waals surface area contributed by atoms with E-state index in [2.05, 4.69) is 28.4 Å². The van der Waals surface area contributed by atoms with Gasteiger partial charge in [-0.05, 0) is 30.0 Å². The average Bonchev–Trinajstić information content (AvgIpc) is 2.92. The van der Waals surface area contributed by atoms with Gasteiger partial charge in [-0.25, -0.2) is 0 Å². The minimum Gasteiger partial charge on any atom is -0.385 e. The number of benzene rings is 1. The number of hydrogen-bond acceptors (Lipinski definition) is 4. The van der Waals surface area contributed by atoms with Crippen LogP contribution in [-0.2, 0) is 22.4 Å². The second kappa shape index (κ2) is 8.25. The molecule has 0 atom stereocenters. The number of anilines is 1. The third-order valence-corrected chi connectivity index (χ3v) is 3.72. The lowest BCUT2D eigenvalue weighted by Crippen LogP contribution is -2.28. The SMILES string of the molecule is COCCCN(CCOC)Cc1ccc2c(c1)CCN2. The van der Waals surface area contributed by atoms with E-state index in [9.17, 15) is 0 Å². The Morgan fingerprint density at radius 2 is 2.00 bits per heavy atom. The Labute approximate surface area is 122 Å². The molecule has 0 saturated heterocycles. The number of methoxy groups -OCH3 is 2. The first-order valence-electron chi connectivity index (χ1n) is 7.39. The standard InChI is InChI=1S/C16H26N2O2/c1-19-10-3-8-18(9-11-20-2)13-14-4-5-16-15(12-14)6-7-17-16/h4-5,12,17H,3,6-11,13H2,1-2H3. The highest BCUT2D eigenvalue weighted by atomic mass is 16.5. The fourth-order valence-corrected chi connectivity index (χ4v) is 2.64. The van der Waals surface area contributed by atoms with E-state index in [1.807, 2.05) is 0 Å². The number of ether oxygens (including phenoxy) is 2. The molecule has 0 amide bonds. The van der Waals surface area contributed by atoms with Crippen LogP contribution < -0.4 is 5.32 Å². The third-order valence-electron chi connectivity index (χ3n) is 3.72. The van der Waals surface area contributed by atoms with E-state index in [1.54, 1.807) is 14.2 Å². The summed E-state index contributed by atoms with van der Waals surface area (Å²) in [4.78, 5) is 2.44. The highest BCUT2D eigenvalue weighted by molar-refractivity contribution is 5.56. The van der Waals surface area contributed by atoms with Gasteiger partial charge in [0.25, 0.3) is 0 Å². The first kappa shape index (κ1) is 15.3. The normalized spacial score (nSPS) is 13.6. The van der Waals surface area contributed by atoms with Gasteiger partial charge < -0.3 is 14.8 Å². The van der Waals surface area contributed by atoms with Crippen LogP contribution in [0.5, 0.6) is 0 Å². The molecule has 0 unspecified atom stereocenters. The van der Waals surface area contributed by atoms with E-state index in [0.29, 0.717) is 0 Å². The number of nitrogens with zero attached hydrogens (tertiary/aromatic N) is 1.